The average Bonchev–Trinajstić information content (AvgIpc) is 3.46. The van der Waals surface area contributed by atoms with Crippen molar-refractivity contribution in [2.24, 2.45) is 5.73 Å². The largest absolute Gasteiger partial charge is 0.478 e. The molecule has 2 amide bonds. The van der Waals surface area contributed by atoms with Crippen LogP contribution in [-0.4, -0.2) is 35.3 Å². The SMILES string of the molecule is CCCNC(=O)c1ccc(-c2ccc(-c3ccco3)cc2C(=O)Nc2ccc(C(=N)N)cc2)c(C(=O)O)c1. The van der Waals surface area contributed by atoms with E-state index < -0.39 is 11.9 Å². The van der Waals surface area contributed by atoms with Crippen molar-refractivity contribution in [1.29, 1.82) is 5.41 Å². The molecule has 4 aromatic rings. The van der Waals surface area contributed by atoms with Gasteiger partial charge >= 0.3 is 5.97 Å². The van der Waals surface area contributed by atoms with Crippen LogP contribution in [-0.2, 0) is 0 Å². The zero-order valence-electron chi connectivity index (χ0n) is 20.6. The maximum Gasteiger partial charge on any atom is 0.336 e. The Morgan fingerprint density at radius 2 is 1.58 bits per heavy atom. The summed E-state index contributed by atoms with van der Waals surface area (Å²) in [7, 11) is 0. The number of anilines is 1. The minimum Gasteiger partial charge on any atom is -0.478 e. The van der Waals surface area contributed by atoms with Crippen molar-refractivity contribution >= 4 is 29.3 Å². The Bertz CT molecular complexity index is 1510. The number of nitrogen functional groups attached to an aromatic ring is 1. The molecule has 4 rings (SSSR count). The van der Waals surface area contributed by atoms with E-state index in [0.29, 0.717) is 34.7 Å². The van der Waals surface area contributed by atoms with E-state index in [-0.39, 0.29) is 34.0 Å². The predicted octanol–water partition coefficient (Wildman–Crippen LogP) is 4.99. The molecule has 3 aromatic carbocycles. The molecule has 0 aliphatic carbocycles. The van der Waals surface area contributed by atoms with Gasteiger partial charge in [0.15, 0.2) is 0 Å². The van der Waals surface area contributed by atoms with Gasteiger partial charge in [0.1, 0.15) is 11.6 Å². The Morgan fingerprint density at radius 3 is 2.21 bits per heavy atom. The highest BCUT2D eigenvalue weighted by molar-refractivity contribution is 6.11. The van der Waals surface area contributed by atoms with Crippen molar-refractivity contribution in [3.8, 4) is 22.5 Å². The summed E-state index contributed by atoms with van der Waals surface area (Å²) in [4.78, 5) is 38.2. The van der Waals surface area contributed by atoms with E-state index >= 15 is 0 Å². The number of rotatable bonds is 9. The quantitative estimate of drug-likeness (QED) is 0.158. The van der Waals surface area contributed by atoms with Crippen molar-refractivity contribution in [2.75, 3.05) is 11.9 Å². The van der Waals surface area contributed by atoms with Crippen LogP contribution in [0.5, 0.6) is 0 Å². The molecule has 0 aliphatic rings. The standard InChI is InChI=1S/C29H26N4O5/c1-2-13-32-27(34)19-8-12-22(24(16-19)29(36)37)21-11-7-18(25-4-3-14-38-25)15-23(21)28(35)33-20-9-5-17(6-10-20)26(30)31/h3-12,14-16H,2,13H2,1H3,(H3,30,31)(H,32,34)(H,33,35)(H,36,37). The van der Waals surface area contributed by atoms with Crippen LogP contribution in [0, 0.1) is 5.41 Å². The number of carboxylic acid groups (broad SMARTS) is 1. The maximum absolute atomic E-state index is 13.5. The first-order chi connectivity index (χ1) is 18.3. The van der Waals surface area contributed by atoms with Gasteiger partial charge in [0.25, 0.3) is 11.8 Å². The molecule has 0 atom stereocenters. The first-order valence-electron chi connectivity index (χ1n) is 11.9. The number of benzene rings is 3. The molecular formula is C29H26N4O5. The van der Waals surface area contributed by atoms with E-state index in [1.807, 2.05) is 6.92 Å². The number of amides is 2. The molecule has 1 heterocycles. The molecule has 9 heteroatoms. The molecule has 192 valence electrons. The summed E-state index contributed by atoms with van der Waals surface area (Å²) in [6, 6.07) is 19.4. The third-order valence-electron chi connectivity index (χ3n) is 5.86. The summed E-state index contributed by atoms with van der Waals surface area (Å²) in [5.41, 5.74) is 8.08. The van der Waals surface area contributed by atoms with Gasteiger partial charge in [-0.15, -0.1) is 0 Å². The number of amidine groups is 1. The fourth-order valence-corrected chi connectivity index (χ4v) is 3.93. The van der Waals surface area contributed by atoms with Crippen LogP contribution in [0.1, 0.15) is 50.0 Å². The Balaban J connectivity index is 1.79. The third kappa shape index (κ3) is 5.62. The first-order valence-corrected chi connectivity index (χ1v) is 11.9. The second kappa shape index (κ2) is 11.3. The number of furan rings is 1. The minimum atomic E-state index is -1.23. The van der Waals surface area contributed by atoms with Crippen LogP contribution in [0.4, 0.5) is 5.69 Å². The number of hydrogen-bond donors (Lipinski definition) is 5. The number of nitrogens with two attached hydrogens (primary N) is 1. The summed E-state index contributed by atoms with van der Waals surface area (Å²) >= 11 is 0. The van der Waals surface area contributed by atoms with Crippen molar-refractivity contribution in [2.45, 2.75) is 13.3 Å². The summed E-state index contributed by atoms with van der Waals surface area (Å²) in [5.74, 6) is -1.64. The van der Waals surface area contributed by atoms with E-state index in [2.05, 4.69) is 10.6 Å². The fraction of sp³-hybridized carbons (Fsp3) is 0.103. The maximum atomic E-state index is 13.5. The topological polar surface area (TPSA) is 159 Å². The number of nitrogens with one attached hydrogen (secondary N) is 3. The number of carbonyl (C=O) groups is 3. The second-order valence-electron chi connectivity index (χ2n) is 8.50. The number of carboxylic acids is 1. The van der Waals surface area contributed by atoms with Crippen LogP contribution in [0.2, 0.25) is 0 Å². The monoisotopic (exact) mass is 510 g/mol. The highest BCUT2D eigenvalue weighted by atomic mass is 16.4. The molecule has 9 nitrogen and oxygen atoms in total. The highest BCUT2D eigenvalue weighted by Gasteiger charge is 2.21. The molecule has 0 saturated heterocycles. The molecule has 6 N–H and O–H groups in total. The summed E-state index contributed by atoms with van der Waals surface area (Å²) < 4.78 is 5.49. The second-order valence-corrected chi connectivity index (χ2v) is 8.50. The van der Waals surface area contributed by atoms with E-state index in [0.717, 1.165) is 6.42 Å². The van der Waals surface area contributed by atoms with Gasteiger partial charge in [0, 0.05) is 34.5 Å². The van der Waals surface area contributed by atoms with Crippen molar-refractivity contribution in [1.82, 2.24) is 5.32 Å². The van der Waals surface area contributed by atoms with E-state index in [1.165, 1.54) is 24.5 Å². The average molecular weight is 511 g/mol. The van der Waals surface area contributed by atoms with E-state index in [9.17, 15) is 19.5 Å². The highest BCUT2D eigenvalue weighted by Crippen LogP contribution is 2.33. The molecule has 38 heavy (non-hydrogen) atoms. The normalized spacial score (nSPS) is 10.6. The van der Waals surface area contributed by atoms with Gasteiger partial charge in [-0.25, -0.2) is 4.79 Å². The smallest absolute Gasteiger partial charge is 0.336 e. The number of hydrogen-bond acceptors (Lipinski definition) is 5. The number of carbonyl (C=O) groups excluding carboxylic acids is 2. The molecular weight excluding hydrogens is 484 g/mol. The minimum absolute atomic E-state index is 0.0932. The Hall–Kier alpha value is -5.18. The Kier molecular flexibility index (Phi) is 7.67. The summed E-state index contributed by atoms with van der Waals surface area (Å²) in [5, 5.41) is 23.1. The summed E-state index contributed by atoms with van der Waals surface area (Å²) in [6.45, 7) is 2.39. The van der Waals surface area contributed by atoms with Gasteiger partial charge in [-0.3, -0.25) is 15.0 Å². The van der Waals surface area contributed by atoms with Crippen LogP contribution >= 0.6 is 0 Å². The first kappa shape index (κ1) is 25.9. The molecule has 0 radical (unpaired) electrons. The Labute approximate surface area is 218 Å². The van der Waals surface area contributed by atoms with Crippen molar-refractivity contribution in [3.63, 3.8) is 0 Å². The van der Waals surface area contributed by atoms with Crippen LogP contribution in [0.3, 0.4) is 0 Å². The van der Waals surface area contributed by atoms with E-state index in [4.69, 9.17) is 15.6 Å². The molecule has 0 bridgehead atoms. The van der Waals surface area contributed by atoms with Gasteiger partial charge in [-0.2, -0.15) is 0 Å². The lowest BCUT2D eigenvalue weighted by atomic mass is 9.91. The molecule has 1 aromatic heterocycles. The van der Waals surface area contributed by atoms with Gasteiger partial charge in [-0.1, -0.05) is 25.1 Å². The predicted molar refractivity (Wildman–Crippen MR) is 145 cm³/mol. The molecule has 0 unspecified atom stereocenters. The number of aromatic carboxylic acids is 1. The zero-order chi connectivity index (χ0) is 27.2. The van der Waals surface area contributed by atoms with Gasteiger partial charge < -0.3 is 25.9 Å². The lowest BCUT2D eigenvalue weighted by Gasteiger charge is -2.15. The van der Waals surface area contributed by atoms with Crippen molar-refractivity contribution < 1.29 is 23.9 Å². The Morgan fingerprint density at radius 1 is 0.895 bits per heavy atom. The van der Waals surface area contributed by atoms with Gasteiger partial charge in [0.2, 0.25) is 0 Å². The summed E-state index contributed by atoms with van der Waals surface area (Å²) in [6.07, 6.45) is 2.26. The van der Waals surface area contributed by atoms with Gasteiger partial charge in [0.05, 0.1) is 11.8 Å². The lowest BCUT2D eigenvalue weighted by molar-refractivity contribution is 0.0697. The fourth-order valence-electron chi connectivity index (χ4n) is 3.93. The lowest BCUT2D eigenvalue weighted by Crippen LogP contribution is -2.24. The molecule has 0 fully saturated rings. The third-order valence-corrected chi connectivity index (χ3v) is 5.86. The molecule has 0 saturated carbocycles. The van der Waals surface area contributed by atoms with Crippen LogP contribution < -0.4 is 16.4 Å². The van der Waals surface area contributed by atoms with Crippen LogP contribution in [0.15, 0.2) is 83.5 Å². The molecule has 0 aliphatic heterocycles. The van der Waals surface area contributed by atoms with Crippen LogP contribution in [0.25, 0.3) is 22.5 Å². The van der Waals surface area contributed by atoms with Crippen molar-refractivity contribution in [3.05, 3.63) is 101 Å². The van der Waals surface area contributed by atoms with E-state index in [1.54, 1.807) is 54.6 Å². The zero-order valence-corrected chi connectivity index (χ0v) is 20.6. The van der Waals surface area contributed by atoms with Gasteiger partial charge in [-0.05, 0) is 72.1 Å². The molecule has 0 spiro atoms.